The highest BCUT2D eigenvalue weighted by atomic mass is 15.2. The number of fused-ring (bicyclic) bond motifs is 1. The average molecular weight is 197 g/mol. The van der Waals surface area contributed by atoms with E-state index >= 15 is 0 Å². The smallest absolute Gasteiger partial charge is 0.0112 e. The van der Waals surface area contributed by atoms with Gasteiger partial charge in [0.2, 0.25) is 0 Å². The molecule has 2 aliphatic heterocycles. The first-order chi connectivity index (χ1) is 6.79. The maximum atomic E-state index is 5.62. The second-order valence-corrected chi connectivity index (χ2v) is 4.92. The fourth-order valence-corrected chi connectivity index (χ4v) is 2.89. The van der Waals surface area contributed by atoms with Gasteiger partial charge in [0.25, 0.3) is 0 Å². The summed E-state index contributed by atoms with van der Waals surface area (Å²) >= 11 is 0. The summed E-state index contributed by atoms with van der Waals surface area (Å²) in [5.74, 6) is 0.883. The molecule has 82 valence electrons. The fourth-order valence-electron chi connectivity index (χ4n) is 2.89. The van der Waals surface area contributed by atoms with Crippen molar-refractivity contribution in [3.63, 3.8) is 0 Å². The fraction of sp³-hybridized carbons (Fsp3) is 1.00. The molecule has 2 saturated heterocycles. The summed E-state index contributed by atoms with van der Waals surface area (Å²) in [6.45, 7) is 5.95. The number of likely N-dealkylation sites (N-methyl/N-ethyl adjacent to an activating group) is 1. The van der Waals surface area contributed by atoms with Crippen LogP contribution >= 0.6 is 0 Å². The van der Waals surface area contributed by atoms with Gasteiger partial charge in [-0.2, -0.15) is 0 Å². The van der Waals surface area contributed by atoms with Gasteiger partial charge in [0, 0.05) is 25.7 Å². The van der Waals surface area contributed by atoms with Crippen LogP contribution in [0.4, 0.5) is 0 Å². The minimum absolute atomic E-state index is 0.858. The standard InChI is InChI=1S/C11H23N3/c1-13-5-3-11-8-10(2-4-12)9-14(11)7-6-13/h10-11H,2-9,12H2,1H3. The van der Waals surface area contributed by atoms with E-state index in [2.05, 4.69) is 16.8 Å². The van der Waals surface area contributed by atoms with Gasteiger partial charge in [-0.3, -0.25) is 4.90 Å². The van der Waals surface area contributed by atoms with E-state index < -0.39 is 0 Å². The van der Waals surface area contributed by atoms with Gasteiger partial charge in [-0.15, -0.1) is 0 Å². The van der Waals surface area contributed by atoms with Crippen molar-refractivity contribution in [2.24, 2.45) is 11.7 Å². The molecule has 2 atom stereocenters. The Bertz CT molecular complexity index is 167. The number of nitrogens with two attached hydrogens (primary N) is 1. The summed E-state index contributed by atoms with van der Waals surface area (Å²) in [6.07, 6.45) is 3.98. The Morgan fingerprint density at radius 2 is 2.14 bits per heavy atom. The van der Waals surface area contributed by atoms with E-state index in [1.54, 1.807) is 0 Å². The highest BCUT2D eigenvalue weighted by Gasteiger charge is 2.32. The highest BCUT2D eigenvalue weighted by Crippen LogP contribution is 2.28. The highest BCUT2D eigenvalue weighted by molar-refractivity contribution is 4.88. The number of nitrogens with zero attached hydrogens (tertiary/aromatic N) is 2. The zero-order valence-corrected chi connectivity index (χ0v) is 9.28. The van der Waals surface area contributed by atoms with Crippen molar-refractivity contribution in [1.82, 2.24) is 9.80 Å². The lowest BCUT2D eigenvalue weighted by atomic mass is 10.0. The lowest BCUT2D eigenvalue weighted by molar-refractivity contribution is 0.257. The zero-order chi connectivity index (χ0) is 9.97. The largest absolute Gasteiger partial charge is 0.330 e. The summed E-state index contributed by atoms with van der Waals surface area (Å²) in [4.78, 5) is 5.14. The molecule has 2 fully saturated rings. The van der Waals surface area contributed by atoms with E-state index in [0.717, 1.165) is 18.5 Å². The van der Waals surface area contributed by atoms with Crippen molar-refractivity contribution < 1.29 is 0 Å². The van der Waals surface area contributed by atoms with Crippen LogP contribution in [0, 0.1) is 5.92 Å². The maximum absolute atomic E-state index is 5.62. The minimum Gasteiger partial charge on any atom is -0.330 e. The third kappa shape index (κ3) is 2.27. The van der Waals surface area contributed by atoms with Crippen molar-refractivity contribution in [3.05, 3.63) is 0 Å². The molecule has 0 aromatic carbocycles. The molecule has 0 aliphatic carbocycles. The van der Waals surface area contributed by atoms with E-state index in [-0.39, 0.29) is 0 Å². The quantitative estimate of drug-likeness (QED) is 0.694. The summed E-state index contributed by atoms with van der Waals surface area (Å²) in [5, 5.41) is 0. The van der Waals surface area contributed by atoms with Crippen LogP contribution in [0.2, 0.25) is 0 Å². The Kier molecular flexibility index (Phi) is 3.42. The third-order valence-corrected chi connectivity index (χ3v) is 3.80. The zero-order valence-electron chi connectivity index (χ0n) is 9.28. The van der Waals surface area contributed by atoms with Gasteiger partial charge >= 0.3 is 0 Å². The number of hydrogen-bond donors (Lipinski definition) is 1. The molecule has 0 aromatic rings. The van der Waals surface area contributed by atoms with Crippen LogP contribution in [-0.2, 0) is 0 Å². The van der Waals surface area contributed by atoms with Crippen LogP contribution in [0.15, 0.2) is 0 Å². The molecule has 2 aliphatic rings. The molecule has 2 N–H and O–H groups in total. The first-order valence-electron chi connectivity index (χ1n) is 5.92. The molecule has 0 saturated carbocycles. The van der Waals surface area contributed by atoms with Gasteiger partial charge in [-0.1, -0.05) is 0 Å². The molecule has 2 heterocycles. The molecule has 0 spiro atoms. The van der Waals surface area contributed by atoms with E-state index in [4.69, 9.17) is 5.73 Å². The van der Waals surface area contributed by atoms with Crippen LogP contribution in [0.3, 0.4) is 0 Å². The van der Waals surface area contributed by atoms with Crippen LogP contribution in [0.5, 0.6) is 0 Å². The van der Waals surface area contributed by atoms with E-state index in [1.165, 1.54) is 45.4 Å². The molecular weight excluding hydrogens is 174 g/mol. The van der Waals surface area contributed by atoms with Crippen LogP contribution in [0.1, 0.15) is 19.3 Å². The molecule has 3 nitrogen and oxygen atoms in total. The van der Waals surface area contributed by atoms with Gasteiger partial charge < -0.3 is 10.6 Å². The third-order valence-electron chi connectivity index (χ3n) is 3.80. The van der Waals surface area contributed by atoms with Crippen molar-refractivity contribution in [3.8, 4) is 0 Å². The second-order valence-electron chi connectivity index (χ2n) is 4.92. The summed E-state index contributed by atoms with van der Waals surface area (Å²) in [7, 11) is 2.24. The van der Waals surface area contributed by atoms with Gasteiger partial charge in [-0.05, 0) is 45.3 Å². The SMILES string of the molecule is CN1CCC2CC(CCN)CN2CC1. The number of rotatable bonds is 2. The molecule has 14 heavy (non-hydrogen) atoms. The summed E-state index contributed by atoms with van der Waals surface area (Å²) in [5.41, 5.74) is 5.62. The lowest BCUT2D eigenvalue weighted by Gasteiger charge is -2.20. The molecule has 2 unspecified atom stereocenters. The van der Waals surface area contributed by atoms with Gasteiger partial charge in [0.05, 0.1) is 0 Å². The predicted molar refractivity (Wildman–Crippen MR) is 59.3 cm³/mol. The molecular formula is C11H23N3. The van der Waals surface area contributed by atoms with Crippen molar-refractivity contribution in [2.75, 3.05) is 39.8 Å². The molecule has 0 radical (unpaired) electrons. The molecule has 2 rings (SSSR count). The molecule has 3 heteroatoms. The first-order valence-corrected chi connectivity index (χ1v) is 5.92. The van der Waals surface area contributed by atoms with Crippen molar-refractivity contribution >= 4 is 0 Å². The Labute approximate surface area is 87.2 Å². The summed E-state index contributed by atoms with van der Waals surface area (Å²) < 4.78 is 0. The first kappa shape index (κ1) is 10.4. The van der Waals surface area contributed by atoms with E-state index in [9.17, 15) is 0 Å². The molecule has 0 aromatic heterocycles. The van der Waals surface area contributed by atoms with Crippen LogP contribution in [-0.4, -0.2) is 55.6 Å². The van der Waals surface area contributed by atoms with Gasteiger partial charge in [0.1, 0.15) is 0 Å². The maximum Gasteiger partial charge on any atom is 0.0112 e. The Balaban J connectivity index is 1.87. The van der Waals surface area contributed by atoms with E-state index in [0.29, 0.717) is 0 Å². The van der Waals surface area contributed by atoms with Crippen LogP contribution in [0.25, 0.3) is 0 Å². The van der Waals surface area contributed by atoms with E-state index in [1.807, 2.05) is 0 Å². The van der Waals surface area contributed by atoms with Crippen LogP contribution < -0.4 is 5.73 Å². The lowest BCUT2D eigenvalue weighted by Crippen LogP contribution is -2.31. The Morgan fingerprint density at radius 1 is 1.29 bits per heavy atom. The molecule has 0 bridgehead atoms. The average Bonchev–Trinajstić information content (AvgIpc) is 2.47. The van der Waals surface area contributed by atoms with Gasteiger partial charge in [-0.25, -0.2) is 0 Å². The van der Waals surface area contributed by atoms with Gasteiger partial charge in [0.15, 0.2) is 0 Å². The van der Waals surface area contributed by atoms with Crippen molar-refractivity contribution in [1.29, 1.82) is 0 Å². The Hall–Kier alpha value is -0.120. The summed E-state index contributed by atoms with van der Waals surface area (Å²) in [6, 6.07) is 0.858. The normalized spacial score (nSPS) is 35.6. The topological polar surface area (TPSA) is 32.5 Å². The predicted octanol–water partition coefficient (Wildman–Crippen LogP) is 0.361. The number of hydrogen-bond acceptors (Lipinski definition) is 3. The van der Waals surface area contributed by atoms with Crippen molar-refractivity contribution in [2.45, 2.75) is 25.3 Å². The second kappa shape index (κ2) is 4.60. The Morgan fingerprint density at radius 3 is 2.93 bits per heavy atom. The molecule has 0 amide bonds. The monoisotopic (exact) mass is 197 g/mol. The minimum atomic E-state index is 0.858.